The Morgan fingerprint density at radius 3 is 2.69 bits per heavy atom. The van der Waals surface area contributed by atoms with Gasteiger partial charge in [0.05, 0.1) is 11.2 Å². The highest BCUT2D eigenvalue weighted by Crippen LogP contribution is 2.29. The Hall–Kier alpha value is -2.01. The fourth-order valence-electron chi connectivity index (χ4n) is 1.80. The van der Waals surface area contributed by atoms with Gasteiger partial charge in [-0.15, -0.1) is 0 Å². The maximum atomic E-state index is 10.7. The maximum absolute atomic E-state index is 10.7. The molecule has 1 unspecified atom stereocenters. The van der Waals surface area contributed by atoms with E-state index in [9.17, 15) is 15.0 Å². The molecule has 16 heavy (non-hydrogen) atoms. The lowest BCUT2D eigenvalue weighted by Gasteiger charge is -2.07. The van der Waals surface area contributed by atoms with E-state index in [0.29, 0.717) is 10.9 Å². The van der Waals surface area contributed by atoms with Gasteiger partial charge in [-0.05, 0) is 12.1 Å². The molecule has 2 aromatic rings. The van der Waals surface area contributed by atoms with Gasteiger partial charge in [-0.3, -0.25) is 0 Å². The number of aromatic hydroxyl groups is 1. The standard InChI is InChI=1S/C11H11NO4/c1-12-7(10(14)11(15)16)5-6-3-2-4-8(13)9(6)12/h2-5,10,13-14H,1H3,(H,15,16). The first-order valence-corrected chi connectivity index (χ1v) is 4.70. The number of aromatic nitrogens is 1. The number of aliphatic hydroxyl groups is 1. The van der Waals surface area contributed by atoms with Crippen LogP contribution in [-0.2, 0) is 11.8 Å². The van der Waals surface area contributed by atoms with Crippen LogP contribution in [0, 0.1) is 0 Å². The van der Waals surface area contributed by atoms with Crippen molar-refractivity contribution in [2.24, 2.45) is 7.05 Å². The predicted octanol–water partition coefficient (Wildman–Crippen LogP) is 1.00. The molecule has 0 aliphatic carbocycles. The van der Waals surface area contributed by atoms with Gasteiger partial charge in [0, 0.05) is 12.4 Å². The number of hydrogen-bond acceptors (Lipinski definition) is 3. The number of para-hydroxylation sites is 1. The summed E-state index contributed by atoms with van der Waals surface area (Å²) in [5.74, 6) is -1.26. The number of carboxylic acids is 1. The molecule has 2 rings (SSSR count). The minimum Gasteiger partial charge on any atom is -0.506 e. The topological polar surface area (TPSA) is 82.7 Å². The monoisotopic (exact) mass is 221 g/mol. The Balaban J connectivity index is 2.70. The number of phenolic OH excluding ortho intramolecular Hbond substituents is 1. The van der Waals surface area contributed by atoms with Crippen LogP contribution in [-0.4, -0.2) is 25.9 Å². The van der Waals surface area contributed by atoms with Crippen molar-refractivity contribution in [3.63, 3.8) is 0 Å². The number of aliphatic hydroxyl groups excluding tert-OH is 1. The van der Waals surface area contributed by atoms with E-state index in [1.807, 2.05) is 0 Å². The molecule has 0 aliphatic heterocycles. The average molecular weight is 221 g/mol. The summed E-state index contributed by atoms with van der Waals surface area (Å²) in [6, 6.07) is 6.47. The zero-order chi connectivity index (χ0) is 11.9. The predicted molar refractivity (Wildman–Crippen MR) is 57.2 cm³/mol. The van der Waals surface area contributed by atoms with Crippen LogP contribution < -0.4 is 0 Å². The second kappa shape index (κ2) is 3.53. The van der Waals surface area contributed by atoms with Crippen molar-refractivity contribution in [1.82, 2.24) is 4.57 Å². The molecule has 0 spiro atoms. The van der Waals surface area contributed by atoms with E-state index in [2.05, 4.69) is 0 Å². The van der Waals surface area contributed by atoms with Crippen molar-refractivity contribution in [2.45, 2.75) is 6.10 Å². The minimum absolute atomic E-state index is 0.0591. The molecule has 1 aromatic heterocycles. The highest BCUT2D eigenvalue weighted by atomic mass is 16.4. The van der Waals surface area contributed by atoms with E-state index in [-0.39, 0.29) is 11.4 Å². The van der Waals surface area contributed by atoms with Crippen LogP contribution in [0.5, 0.6) is 5.75 Å². The van der Waals surface area contributed by atoms with Crippen LogP contribution in [0.15, 0.2) is 24.3 Å². The number of nitrogens with zero attached hydrogens (tertiary/aromatic N) is 1. The Kier molecular flexibility index (Phi) is 2.32. The van der Waals surface area contributed by atoms with Crippen LogP contribution in [0.2, 0.25) is 0 Å². The van der Waals surface area contributed by atoms with Gasteiger partial charge in [0.1, 0.15) is 5.75 Å². The van der Waals surface area contributed by atoms with Crippen LogP contribution in [0.25, 0.3) is 10.9 Å². The molecule has 1 atom stereocenters. The van der Waals surface area contributed by atoms with Gasteiger partial charge in [-0.25, -0.2) is 4.79 Å². The van der Waals surface area contributed by atoms with Gasteiger partial charge in [-0.1, -0.05) is 12.1 Å². The Morgan fingerprint density at radius 2 is 2.12 bits per heavy atom. The third kappa shape index (κ3) is 1.42. The van der Waals surface area contributed by atoms with Crippen molar-refractivity contribution in [2.75, 3.05) is 0 Å². The number of carboxylic acid groups (broad SMARTS) is 1. The Bertz CT molecular complexity index is 558. The third-order valence-corrected chi connectivity index (χ3v) is 2.59. The number of fused-ring (bicyclic) bond motifs is 1. The van der Waals surface area contributed by atoms with Crippen molar-refractivity contribution in [3.05, 3.63) is 30.0 Å². The maximum Gasteiger partial charge on any atom is 0.338 e. The fraction of sp³-hybridized carbons (Fsp3) is 0.182. The Morgan fingerprint density at radius 1 is 1.44 bits per heavy atom. The number of rotatable bonds is 2. The molecule has 0 fully saturated rings. The normalized spacial score (nSPS) is 12.9. The minimum atomic E-state index is -1.59. The van der Waals surface area contributed by atoms with Crippen LogP contribution >= 0.6 is 0 Å². The molecule has 0 saturated heterocycles. The molecule has 3 N–H and O–H groups in total. The number of benzene rings is 1. The molecule has 0 aliphatic rings. The molecule has 0 radical (unpaired) electrons. The zero-order valence-electron chi connectivity index (χ0n) is 8.58. The SMILES string of the molecule is Cn1c(C(O)C(=O)O)cc2cccc(O)c21. The van der Waals surface area contributed by atoms with Gasteiger partial charge < -0.3 is 19.9 Å². The first-order chi connectivity index (χ1) is 7.52. The molecular weight excluding hydrogens is 210 g/mol. The lowest BCUT2D eigenvalue weighted by Crippen LogP contribution is -2.13. The molecule has 1 aromatic carbocycles. The van der Waals surface area contributed by atoms with E-state index in [1.165, 1.54) is 10.6 Å². The van der Waals surface area contributed by atoms with Crippen molar-refractivity contribution in [3.8, 4) is 5.75 Å². The smallest absolute Gasteiger partial charge is 0.338 e. The van der Waals surface area contributed by atoms with Crippen LogP contribution in [0.3, 0.4) is 0 Å². The molecule has 5 heteroatoms. The van der Waals surface area contributed by atoms with E-state index in [1.54, 1.807) is 25.2 Å². The van der Waals surface area contributed by atoms with Gasteiger partial charge >= 0.3 is 5.97 Å². The highest BCUT2D eigenvalue weighted by molar-refractivity contribution is 5.88. The number of hydrogen-bond donors (Lipinski definition) is 3. The summed E-state index contributed by atoms with van der Waals surface area (Å²) in [6.45, 7) is 0. The molecule has 84 valence electrons. The Labute approximate surface area is 91.2 Å². The summed E-state index contributed by atoms with van der Waals surface area (Å²) < 4.78 is 1.48. The van der Waals surface area contributed by atoms with E-state index in [0.717, 1.165) is 0 Å². The summed E-state index contributed by atoms with van der Waals surface area (Å²) in [6.07, 6.45) is -1.59. The second-order valence-electron chi connectivity index (χ2n) is 3.58. The van der Waals surface area contributed by atoms with Crippen molar-refractivity contribution < 1.29 is 20.1 Å². The van der Waals surface area contributed by atoms with E-state index >= 15 is 0 Å². The summed E-state index contributed by atoms with van der Waals surface area (Å²) >= 11 is 0. The lowest BCUT2D eigenvalue weighted by molar-refractivity contribution is -0.147. The summed E-state index contributed by atoms with van der Waals surface area (Å²) in [5, 5.41) is 28.5. The van der Waals surface area contributed by atoms with Gasteiger partial charge in [0.25, 0.3) is 0 Å². The van der Waals surface area contributed by atoms with Crippen LogP contribution in [0.4, 0.5) is 0 Å². The fourth-order valence-corrected chi connectivity index (χ4v) is 1.80. The van der Waals surface area contributed by atoms with E-state index in [4.69, 9.17) is 5.11 Å². The van der Waals surface area contributed by atoms with Crippen molar-refractivity contribution in [1.29, 1.82) is 0 Å². The average Bonchev–Trinajstić information content (AvgIpc) is 2.56. The zero-order valence-corrected chi connectivity index (χ0v) is 8.58. The molecule has 5 nitrogen and oxygen atoms in total. The first kappa shape index (κ1) is 10.5. The van der Waals surface area contributed by atoms with Gasteiger partial charge in [0.15, 0.2) is 6.10 Å². The molecule has 1 heterocycles. The number of aryl methyl sites for hydroxylation is 1. The van der Waals surface area contributed by atoms with Crippen molar-refractivity contribution >= 4 is 16.9 Å². The third-order valence-electron chi connectivity index (χ3n) is 2.59. The molecule has 0 saturated carbocycles. The second-order valence-corrected chi connectivity index (χ2v) is 3.58. The first-order valence-electron chi connectivity index (χ1n) is 4.70. The largest absolute Gasteiger partial charge is 0.506 e. The molecule has 0 bridgehead atoms. The quantitative estimate of drug-likeness (QED) is 0.706. The van der Waals surface area contributed by atoms with Gasteiger partial charge in [0.2, 0.25) is 0 Å². The molecular formula is C11H11NO4. The summed E-state index contributed by atoms with van der Waals surface area (Å²) in [7, 11) is 1.60. The van der Waals surface area contributed by atoms with E-state index < -0.39 is 12.1 Å². The van der Waals surface area contributed by atoms with Gasteiger partial charge in [-0.2, -0.15) is 0 Å². The number of aliphatic carboxylic acids is 1. The summed E-state index contributed by atoms with van der Waals surface area (Å²) in [5.41, 5.74) is 0.752. The number of carbonyl (C=O) groups is 1. The highest BCUT2D eigenvalue weighted by Gasteiger charge is 2.21. The summed E-state index contributed by atoms with van der Waals surface area (Å²) in [4.78, 5) is 10.7. The lowest BCUT2D eigenvalue weighted by atomic mass is 10.2. The molecule has 0 amide bonds. The number of phenols is 1. The van der Waals surface area contributed by atoms with Crippen LogP contribution in [0.1, 0.15) is 11.8 Å².